The Kier molecular flexibility index (Phi) is 4.16. The van der Waals surface area contributed by atoms with Crippen LogP contribution in [0.1, 0.15) is 27.8 Å². The molecular formula is C18H20O. The summed E-state index contributed by atoms with van der Waals surface area (Å²) >= 11 is 0. The van der Waals surface area contributed by atoms with Crippen molar-refractivity contribution in [3.05, 3.63) is 70.3 Å². The van der Waals surface area contributed by atoms with Crippen molar-refractivity contribution in [2.45, 2.75) is 33.6 Å². The van der Waals surface area contributed by atoms with Crippen molar-refractivity contribution in [2.75, 3.05) is 0 Å². The van der Waals surface area contributed by atoms with E-state index < -0.39 is 0 Å². The number of carbonyl (C=O) groups excluding carboxylic acids is 1. The number of rotatable bonds is 4. The first kappa shape index (κ1) is 13.5. The van der Waals surface area contributed by atoms with Gasteiger partial charge in [-0.2, -0.15) is 0 Å². The Balaban J connectivity index is 2.10. The maximum absolute atomic E-state index is 12.2. The number of hydrogen-bond donors (Lipinski definition) is 0. The number of ketones is 1. The Morgan fingerprint density at radius 1 is 0.842 bits per heavy atom. The number of carbonyl (C=O) groups is 1. The topological polar surface area (TPSA) is 17.1 Å². The maximum Gasteiger partial charge on any atom is 0.141 e. The van der Waals surface area contributed by atoms with Crippen LogP contribution in [0.5, 0.6) is 0 Å². The Labute approximate surface area is 115 Å². The lowest BCUT2D eigenvalue weighted by atomic mass is 9.96. The Morgan fingerprint density at radius 3 is 2.21 bits per heavy atom. The predicted octanol–water partition coefficient (Wildman–Crippen LogP) is 3.97. The van der Waals surface area contributed by atoms with Gasteiger partial charge in [0.05, 0.1) is 0 Å². The predicted molar refractivity (Wildman–Crippen MR) is 79.5 cm³/mol. The summed E-state index contributed by atoms with van der Waals surface area (Å²) in [5.41, 5.74) is 5.89. The normalized spacial score (nSPS) is 10.5. The summed E-state index contributed by atoms with van der Waals surface area (Å²) < 4.78 is 0. The van der Waals surface area contributed by atoms with Crippen molar-refractivity contribution in [3.8, 4) is 0 Å². The average Bonchev–Trinajstić information content (AvgIpc) is 2.37. The van der Waals surface area contributed by atoms with Crippen LogP contribution in [0, 0.1) is 20.8 Å². The highest BCUT2D eigenvalue weighted by atomic mass is 16.1. The van der Waals surface area contributed by atoms with Gasteiger partial charge in [0.1, 0.15) is 5.78 Å². The molecule has 1 nitrogen and oxygen atoms in total. The van der Waals surface area contributed by atoms with Crippen LogP contribution < -0.4 is 0 Å². The van der Waals surface area contributed by atoms with Crippen LogP contribution >= 0.6 is 0 Å². The van der Waals surface area contributed by atoms with E-state index in [2.05, 4.69) is 45.0 Å². The molecule has 2 rings (SSSR count). The second kappa shape index (κ2) is 5.83. The zero-order valence-electron chi connectivity index (χ0n) is 11.9. The second-order valence-corrected chi connectivity index (χ2v) is 5.25. The molecule has 0 aliphatic rings. The molecule has 0 saturated heterocycles. The monoisotopic (exact) mass is 252 g/mol. The Bertz CT molecular complexity index is 596. The van der Waals surface area contributed by atoms with Crippen LogP contribution in [0.15, 0.2) is 42.5 Å². The van der Waals surface area contributed by atoms with Gasteiger partial charge in [0.15, 0.2) is 0 Å². The fourth-order valence-electron chi connectivity index (χ4n) is 2.29. The molecule has 0 aromatic heterocycles. The summed E-state index contributed by atoms with van der Waals surface area (Å²) in [5, 5.41) is 0. The van der Waals surface area contributed by atoms with Gasteiger partial charge in [-0.3, -0.25) is 4.79 Å². The van der Waals surface area contributed by atoms with E-state index in [-0.39, 0.29) is 5.78 Å². The molecule has 0 N–H and O–H groups in total. The number of Topliss-reactive ketones (excluding diaryl/α,β-unsaturated/α-hetero) is 1. The average molecular weight is 252 g/mol. The third kappa shape index (κ3) is 3.54. The van der Waals surface area contributed by atoms with Crippen molar-refractivity contribution in [1.82, 2.24) is 0 Å². The Hall–Kier alpha value is -1.89. The van der Waals surface area contributed by atoms with E-state index >= 15 is 0 Å². The van der Waals surface area contributed by atoms with Gasteiger partial charge in [0, 0.05) is 12.8 Å². The smallest absolute Gasteiger partial charge is 0.141 e. The fourth-order valence-corrected chi connectivity index (χ4v) is 2.29. The molecule has 0 bridgehead atoms. The fraction of sp³-hybridized carbons (Fsp3) is 0.278. The molecular weight excluding hydrogens is 232 g/mol. The van der Waals surface area contributed by atoms with Crippen LogP contribution in [0.4, 0.5) is 0 Å². The molecule has 0 aliphatic heterocycles. The maximum atomic E-state index is 12.2. The highest BCUT2D eigenvalue weighted by Crippen LogP contribution is 2.14. The minimum atomic E-state index is 0.281. The number of aryl methyl sites for hydroxylation is 3. The van der Waals surface area contributed by atoms with Crippen molar-refractivity contribution in [3.63, 3.8) is 0 Å². The molecule has 0 radical (unpaired) electrons. The molecule has 98 valence electrons. The molecule has 2 aromatic carbocycles. The molecule has 0 aliphatic carbocycles. The van der Waals surface area contributed by atoms with Gasteiger partial charge >= 0.3 is 0 Å². The highest BCUT2D eigenvalue weighted by molar-refractivity contribution is 5.83. The molecule has 0 fully saturated rings. The van der Waals surface area contributed by atoms with E-state index in [4.69, 9.17) is 0 Å². The Morgan fingerprint density at radius 2 is 1.47 bits per heavy atom. The van der Waals surface area contributed by atoms with Crippen molar-refractivity contribution in [1.29, 1.82) is 0 Å². The SMILES string of the molecule is Cc1ccc(C)c(CC(=O)Cc2ccccc2C)c1. The lowest BCUT2D eigenvalue weighted by Crippen LogP contribution is -2.08. The van der Waals surface area contributed by atoms with E-state index in [1.165, 1.54) is 16.7 Å². The molecule has 2 aromatic rings. The lowest BCUT2D eigenvalue weighted by Gasteiger charge is -2.08. The first-order valence-corrected chi connectivity index (χ1v) is 6.68. The van der Waals surface area contributed by atoms with E-state index in [9.17, 15) is 4.79 Å². The number of hydrogen-bond acceptors (Lipinski definition) is 1. The number of benzene rings is 2. The molecule has 1 heteroatoms. The first-order valence-electron chi connectivity index (χ1n) is 6.68. The summed E-state index contributed by atoms with van der Waals surface area (Å²) in [6.45, 7) is 6.19. The second-order valence-electron chi connectivity index (χ2n) is 5.25. The van der Waals surface area contributed by atoms with E-state index in [1.807, 2.05) is 18.2 Å². The van der Waals surface area contributed by atoms with Crippen molar-refractivity contribution >= 4 is 5.78 Å². The van der Waals surface area contributed by atoms with Gasteiger partial charge in [-0.25, -0.2) is 0 Å². The summed E-state index contributed by atoms with van der Waals surface area (Å²) in [6, 6.07) is 14.4. The summed E-state index contributed by atoms with van der Waals surface area (Å²) in [7, 11) is 0. The molecule has 0 atom stereocenters. The minimum Gasteiger partial charge on any atom is -0.299 e. The van der Waals surface area contributed by atoms with Crippen LogP contribution in [0.3, 0.4) is 0 Å². The molecule has 0 unspecified atom stereocenters. The standard InChI is InChI=1S/C18H20O/c1-13-8-9-15(3)17(10-13)12-18(19)11-16-7-5-4-6-14(16)2/h4-10H,11-12H2,1-3H3. The van der Waals surface area contributed by atoms with Crippen molar-refractivity contribution < 1.29 is 4.79 Å². The zero-order chi connectivity index (χ0) is 13.8. The van der Waals surface area contributed by atoms with Gasteiger partial charge in [-0.1, -0.05) is 48.0 Å². The van der Waals surface area contributed by atoms with Gasteiger partial charge in [0.2, 0.25) is 0 Å². The third-order valence-corrected chi connectivity index (χ3v) is 3.54. The molecule has 0 heterocycles. The van der Waals surface area contributed by atoms with E-state index in [1.54, 1.807) is 0 Å². The summed E-state index contributed by atoms with van der Waals surface area (Å²) in [5.74, 6) is 0.281. The third-order valence-electron chi connectivity index (χ3n) is 3.54. The quantitative estimate of drug-likeness (QED) is 0.804. The van der Waals surface area contributed by atoms with Crippen molar-refractivity contribution in [2.24, 2.45) is 0 Å². The van der Waals surface area contributed by atoms with Gasteiger partial charge in [-0.15, -0.1) is 0 Å². The van der Waals surface area contributed by atoms with E-state index in [0.717, 1.165) is 11.1 Å². The molecule has 0 amide bonds. The van der Waals surface area contributed by atoms with Crippen LogP contribution in [0.25, 0.3) is 0 Å². The van der Waals surface area contributed by atoms with Crippen LogP contribution in [0.2, 0.25) is 0 Å². The molecule has 0 saturated carbocycles. The van der Waals surface area contributed by atoms with Crippen LogP contribution in [-0.2, 0) is 17.6 Å². The summed E-state index contributed by atoms with van der Waals surface area (Å²) in [4.78, 5) is 12.2. The summed E-state index contributed by atoms with van der Waals surface area (Å²) in [6.07, 6.45) is 1.06. The van der Waals surface area contributed by atoms with Gasteiger partial charge < -0.3 is 0 Å². The zero-order valence-corrected chi connectivity index (χ0v) is 11.9. The van der Waals surface area contributed by atoms with Gasteiger partial charge in [0.25, 0.3) is 0 Å². The molecule has 19 heavy (non-hydrogen) atoms. The highest BCUT2D eigenvalue weighted by Gasteiger charge is 2.08. The minimum absolute atomic E-state index is 0.281. The van der Waals surface area contributed by atoms with Crippen LogP contribution in [-0.4, -0.2) is 5.78 Å². The molecule has 0 spiro atoms. The van der Waals surface area contributed by atoms with Gasteiger partial charge in [-0.05, 0) is 43.0 Å². The van der Waals surface area contributed by atoms with E-state index in [0.29, 0.717) is 12.8 Å². The largest absolute Gasteiger partial charge is 0.299 e. The first-order chi connectivity index (χ1) is 9.06. The lowest BCUT2D eigenvalue weighted by molar-refractivity contribution is -0.117.